The van der Waals surface area contributed by atoms with Crippen LogP contribution in [0.25, 0.3) is 0 Å². The monoisotopic (exact) mass is 333 g/mol. The second-order valence-electron chi connectivity index (χ2n) is 6.92. The molecule has 1 aromatic rings. The van der Waals surface area contributed by atoms with Crippen LogP contribution in [0.5, 0.6) is 0 Å². The second-order valence-corrected chi connectivity index (χ2v) is 6.92. The molecule has 3 saturated heterocycles. The summed E-state index contributed by atoms with van der Waals surface area (Å²) in [5.41, 5.74) is -0.409. The van der Waals surface area contributed by atoms with Gasteiger partial charge < -0.3 is 19.4 Å². The fraction of sp³-hybridized carbons (Fsp3) is 0.647. The van der Waals surface area contributed by atoms with Crippen molar-refractivity contribution in [2.45, 2.75) is 37.3 Å². The van der Waals surface area contributed by atoms with E-state index < -0.39 is 5.60 Å². The zero-order valence-corrected chi connectivity index (χ0v) is 13.7. The number of piperidine rings is 1. The van der Waals surface area contributed by atoms with Crippen molar-refractivity contribution in [1.82, 2.24) is 15.1 Å². The van der Waals surface area contributed by atoms with Gasteiger partial charge in [0.1, 0.15) is 17.9 Å². The Kier molecular flexibility index (Phi) is 3.96. The van der Waals surface area contributed by atoms with Gasteiger partial charge in [-0.05, 0) is 38.1 Å². The van der Waals surface area contributed by atoms with Gasteiger partial charge in [-0.2, -0.15) is 0 Å². The first-order valence-corrected chi connectivity index (χ1v) is 8.68. The molecule has 0 bridgehead atoms. The van der Waals surface area contributed by atoms with Crippen LogP contribution >= 0.6 is 0 Å². The minimum absolute atomic E-state index is 0.0148. The van der Waals surface area contributed by atoms with Crippen LogP contribution in [0.4, 0.5) is 4.79 Å². The highest BCUT2D eigenvalue weighted by Crippen LogP contribution is 2.34. The standard InChI is InChI=1S/C17H23N3O4/c21-15(20-9-1-3-13(20)14-4-2-10-23-14)11-19-12-17(24-16(19)22)5-7-18-8-6-17/h2,4,10,13,18H,1,3,5-9,11-12H2/t13-/m0/s1. The first-order chi connectivity index (χ1) is 11.7. The van der Waals surface area contributed by atoms with Gasteiger partial charge >= 0.3 is 6.09 Å². The molecule has 2 amide bonds. The van der Waals surface area contributed by atoms with Gasteiger partial charge in [0.25, 0.3) is 0 Å². The lowest BCUT2D eigenvalue weighted by molar-refractivity contribution is -0.133. The van der Waals surface area contributed by atoms with Crippen molar-refractivity contribution in [1.29, 1.82) is 0 Å². The van der Waals surface area contributed by atoms with Crippen LogP contribution in [0, 0.1) is 0 Å². The van der Waals surface area contributed by atoms with Crippen molar-refractivity contribution >= 4 is 12.0 Å². The molecule has 0 aliphatic carbocycles. The molecule has 7 heteroatoms. The number of carbonyl (C=O) groups is 2. The largest absolute Gasteiger partial charge is 0.467 e. The number of carbonyl (C=O) groups excluding carboxylic acids is 2. The van der Waals surface area contributed by atoms with E-state index in [-0.39, 0.29) is 24.6 Å². The van der Waals surface area contributed by atoms with Crippen LogP contribution in [-0.2, 0) is 9.53 Å². The summed E-state index contributed by atoms with van der Waals surface area (Å²) in [5.74, 6) is 0.788. The number of nitrogens with zero attached hydrogens (tertiary/aromatic N) is 2. The molecule has 1 aromatic heterocycles. The van der Waals surface area contributed by atoms with E-state index in [4.69, 9.17) is 9.15 Å². The van der Waals surface area contributed by atoms with E-state index in [1.165, 1.54) is 0 Å². The zero-order valence-electron chi connectivity index (χ0n) is 13.7. The highest BCUT2D eigenvalue weighted by atomic mass is 16.6. The van der Waals surface area contributed by atoms with Crippen molar-refractivity contribution in [2.24, 2.45) is 0 Å². The number of nitrogens with one attached hydrogen (secondary N) is 1. The lowest BCUT2D eigenvalue weighted by Crippen LogP contribution is -2.46. The van der Waals surface area contributed by atoms with Crippen molar-refractivity contribution in [3.8, 4) is 0 Å². The van der Waals surface area contributed by atoms with Gasteiger partial charge in [-0.15, -0.1) is 0 Å². The van der Waals surface area contributed by atoms with Gasteiger partial charge in [-0.1, -0.05) is 0 Å². The maximum absolute atomic E-state index is 12.7. The molecule has 3 aliphatic heterocycles. The lowest BCUT2D eigenvalue weighted by Gasteiger charge is -2.31. The molecule has 3 aliphatic rings. The topological polar surface area (TPSA) is 75.0 Å². The third-order valence-electron chi connectivity index (χ3n) is 5.33. The number of amides is 2. The first kappa shape index (κ1) is 15.5. The van der Waals surface area contributed by atoms with E-state index in [1.807, 2.05) is 17.0 Å². The van der Waals surface area contributed by atoms with Crippen LogP contribution in [0.15, 0.2) is 22.8 Å². The average molecular weight is 333 g/mol. The van der Waals surface area contributed by atoms with E-state index in [0.29, 0.717) is 13.1 Å². The third-order valence-corrected chi connectivity index (χ3v) is 5.33. The van der Waals surface area contributed by atoms with Crippen LogP contribution < -0.4 is 5.32 Å². The molecule has 1 N–H and O–H groups in total. The number of furan rings is 1. The van der Waals surface area contributed by atoms with Gasteiger partial charge in [0.15, 0.2) is 0 Å². The van der Waals surface area contributed by atoms with Gasteiger partial charge in [0.2, 0.25) is 5.91 Å². The molecule has 0 saturated carbocycles. The molecule has 3 fully saturated rings. The number of rotatable bonds is 3. The highest BCUT2D eigenvalue weighted by molar-refractivity contribution is 5.83. The van der Waals surface area contributed by atoms with Crippen LogP contribution in [-0.4, -0.2) is 60.1 Å². The van der Waals surface area contributed by atoms with Crippen molar-refractivity contribution in [2.75, 3.05) is 32.7 Å². The quantitative estimate of drug-likeness (QED) is 0.908. The molecule has 7 nitrogen and oxygen atoms in total. The second kappa shape index (κ2) is 6.12. The maximum Gasteiger partial charge on any atom is 0.410 e. The maximum atomic E-state index is 12.7. The highest BCUT2D eigenvalue weighted by Gasteiger charge is 2.46. The summed E-state index contributed by atoms with van der Waals surface area (Å²) in [6, 6.07) is 3.73. The molecule has 4 rings (SSSR count). The van der Waals surface area contributed by atoms with Gasteiger partial charge in [0, 0.05) is 19.4 Å². The normalized spacial score (nSPS) is 26.2. The molecule has 0 unspecified atom stereocenters. The molecule has 1 spiro atoms. The number of ether oxygens (including phenoxy) is 1. The predicted octanol–water partition coefficient (Wildman–Crippen LogP) is 1.52. The number of hydrogen-bond acceptors (Lipinski definition) is 5. The summed E-state index contributed by atoms with van der Waals surface area (Å²) < 4.78 is 11.1. The summed E-state index contributed by atoms with van der Waals surface area (Å²) in [5, 5.41) is 3.28. The van der Waals surface area contributed by atoms with Crippen LogP contribution in [0.2, 0.25) is 0 Å². The van der Waals surface area contributed by atoms with E-state index in [0.717, 1.165) is 44.5 Å². The van der Waals surface area contributed by atoms with Crippen LogP contribution in [0.3, 0.4) is 0 Å². The minimum Gasteiger partial charge on any atom is -0.467 e. The van der Waals surface area contributed by atoms with E-state index >= 15 is 0 Å². The molecule has 4 heterocycles. The van der Waals surface area contributed by atoms with E-state index in [2.05, 4.69) is 5.32 Å². The summed E-state index contributed by atoms with van der Waals surface area (Å²) in [6.45, 7) is 3.01. The molecule has 0 radical (unpaired) electrons. The summed E-state index contributed by atoms with van der Waals surface area (Å²) >= 11 is 0. The third kappa shape index (κ3) is 2.77. The summed E-state index contributed by atoms with van der Waals surface area (Å²) in [7, 11) is 0. The molecule has 24 heavy (non-hydrogen) atoms. The van der Waals surface area contributed by atoms with E-state index in [1.54, 1.807) is 11.2 Å². The Morgan fingerprint density at radius 1 is 1.38 bits per heavy atom. The Bertz CT molecular complexity index is 609. The smallest absolute Gasteiger partial charge is 0.410 e. The lowest BCUT2D eigenvalue weighted by atomic mass is 9.92. The predicted molar refractivity (Wildman–Crippen MR) is 85.3 cm³/mol. The summed E-state index contributed by atoms with van der Waals surface area (Å²) in [4.78, 5) is 28.3. The van der Waals surface area contributed by atoms with Crippen molar-refractivity contribution in [3.63, 3.8) is 0 Å². The Morgan fingerprint density at radius 2 is 2.21 bits per heavy atom. The Morgan fingerprint density at radius 3 is 2.96 bits per heavy atom. The Balaban J connectivity index is 1.41. The summed E-state index contributed by atoms with van der Waals surface area (Å²) in [6.07, 6.45) is 4.74. The van der Waals surface area contributed by atoms with Crippen molar-refractivity contribution in [3.05, 3.63) is 24.2 Å². The first-order valence-electron chi connectivity index (χ1n) is 8.68. The minimum atomic E-state index is -0.409. The number of likely N-dealkylation sites (tertiary alicyclic amines) is 1. The fourth-order valence-electron chi connectivity index (χ4n) is 4.05. The zero-order chi connectivity index (χ0) is 16.6. The SMILES string of the molecule is O=C1OC2(CCNCC2)CN1CC(=O)N1CCC[C@H]1c1ccco1. The Labute approximate surface area is 140 Å². The Hall–Kier alpha value is -2.02. The van der Waals surface area contributed by atoms with Crippen LogP contribution in [0.1, 0.15) is 37.5 Å². The van der Waals surface area contributed by atoms with Crippen molar-refractivity contribution < 1.29 is 18.7 Å². The molecule has 1 atom stereocenters. The molecule has 130 valence electrons. The molecular weight excluding hydrogens is 310 g/mol. The average Bonchev–Trinajstić information content (AvgIpc) is 3.29. The van der Waals surface area contributed by atoms with Gasteiger partial charge in [0.05, 0.1) is 18.8 Å². The van der Waals surface area contributed by atoms with Gasteiger partial charge in [-0.25, -0.2) is 4.79 Å². The fourth-order valence-corrected chi connectivity index (χ4v) is 4.05. The molecule has 0 aromatic carbocycles. The number of hydrogen-bond donors (Lipinski definition) is 1. The van der Waals surface area contributed by atoms with E-state index in [9.17, 15) is 9.59 Å². The van der Waals surface area contributed by atoms with Gasteiger partial charge in [-0.3, -0.25) is 9.69 Å². The molecular formula is C17H23N3O4.